The van der Waals surface area contributed by atoms with Crippen LogP contribution in [-0.4, -0.2) is 22.5 Å². The van der Waals surface area contributed by atoms with Gasteiger partial charge in [0, 0.05) is 6.04 Å². The van der Waals surface area contributed by atoms with Crippen LogP contribution < -0.4 is 0 Å². The zero-order valence-corrected chi connectivity index (χ0v) is 10.7. The molecule has 0 spiro atoms. The predicted molar refractivity (Wildman–Crippen MR) is 67.5 cm³/mol. The van der Waals surface area contributed by atoms with Gasteiger partial charge in [0.05, 0.1) is 5.71 Å². The van der Waals surface area contributed by atoms with Crippen LogP contribution >= 0.6 is 0 Å². The number of hydrogen-bond donors (Lipinski definition) is 1. The molecule has 0 heterocycles. The minimum Gasteiger partial charge on any atom is -0.383 e. The Morgan fingerprint density at radius 1 is 1.40 bits per heavy atom. The lowest BCUT2D eigenvalue weighted by atomic mass is 9.81. The molecule has 2 heteroatoms. The lowest BCUT2D eigenvalue weighted by Gasteiger charge is -2.32. The van der Waals surface area contributed by atoms with E-state index in [0.717, 1.165) is 18.6 Å². The summed E-state index contributed by atoms with van der Waals surface area (Å²) in [6.45, 7) is 13.9. The van der Waals surface area contributed by atoms with Gasteiger partial charge in [0.15, 0.2) is 0 Å². The second-order valence-corrected chi connectivity index (χ2v) is 4.64. The SMILES string of the molecule is C=C/C(=N\C(C)C)C(O)(CCC)C(C)C. The summed E-state index contributed by atoms with van der Waals surface area (Å²) in [4.78, 5) is 4.46. The predicted octanol–water partition coefficient (Wildman–Crippen LogP) is 3.21. The lowest BCUT2D eigenvalue weighted by Crippen LogP contribution is -2.43. The Bertz CT molecular complexity index is 231. The van der Waals surface area contributed by atoms with E-state index < -0.39 is 5.60 Å². The number of hydrogen-bond acceptors (Lipinski definition) is 2. The summed E-state index contributed by atoms with van der Waals surface area (Å²) in [7, 11) is 0. The molecular formula is C13H25NO. The third-order valence-corrected chi connectivity index (χ3v) is 2.62. The molecule has 0 rings (SSSR count). The van der Waals surface area contributed by atoms with Crippen molar-refractivity contribution in [2.24, 2.45) is 10.9 Å². The van der Waals surface area contributed by atoms with Gasteiger partial charge in [-0.1, -0.05) is 33.8 Å². The molecule has 0 bridgehead atoms. The van der Waals surface area contributed by atoms with Crippen LogP contribution in [0.2, 0.25) is 0 Å². The second kappa shape index (κ2) is 6.06. The summed E-state index contributed by atoms with van der Waals surface area (Å²) in [6, 6.07) is 0.195. The van der Waals surface area contributed by atoms with E-state index in [2.05, 4.69) is 18.5 Å². The molecule has 0 aliphatic carbocycles. The molecule has 0 aromatic rings. The standard InChI is InChI=1S/C13H25NO/c1-7-9-13(15,10(3)4)12(8-2)14-11(5)6/h8,10-11,15H,2,7,9H2,1,3-6H3/b14-12+. The number of nitrogens with zero attached hydrogens (tertiary/aromatic N) is 1. The van der Waals surface area contributed by atoms with Crippen molar-refractivity contribution < 1.29 is 5.11 Å². The van der Waals surface area contributed by atoms with E-state index in [9.17, 15) is 5.11 Å². The first-order chi connectivity index (χ1) is 6.88. The first kappa shape index (κ1) is 14.4. The highest BCUT2D eigenvalue weighted by Crippen LogP contribution is 2.25. The van der Waals surface area contributed by atoms with Crippen molar-refractivity contribution in [2.45, 2.75) is 59.1 Å². The molecule has 0 amide bonds. The summed E-state index contributed by atoms with van der Waals surface area (Å²) in [5.41, 5.74) is -0.0878. The highest BCUT2D eigenvalue weighted by atomic mass is 16.3. The van der Waals surface area contributed by atoms with Gasteiger partial charge in [-0.15, -0.1) is 0 Å². The zero-order chi connectivity index (χ0) is 12.1. The normalized spacial score (nSPS) is 16.9. The monoisotopic (exact) mass is 211 g/mol. The van der Waals surface area contributed by atoms with Gasteiger partial charge in [0.25, 0.3) is 0 Å². The molecule has 1 atom stereocenters. The van der Waals surface area contributed by atoms with E-state index in [-0.39, 0.29) is 12.0 Å². The molecule has 0 aromatic heterocycles. The molecule has 0 fully saturated rings. The highest BCUT2D eigenvalue weighted by Gasteiger charge is 2.34. The van der Waals surface area contributed by atoms with Gasteiger partial charge in [-0.3, -0.25) is 4.99 Å². The van der Waals surface area contributed by atoms with Gasteiger partial charge in [0.1, 0.15) is 5.60 Å². The minimum absolute atomic E-state index is 0.160. The number of aliphatic imine (C=N–C) groups is 1. The average molecular weight is 211 g/mol. The van der Waals surface area contributed by atoms with Crippen molar-refractivity contribution in [3.63, 3.8) is 0 Å². The van der Waals surface area contributed by atoms with Crippen molar-refractivity contribution in [3.8, 4) is 0 Å². The molecule has 0 aromatic carbocycles. The van der Waals surface area contributed by atoms with Crippen LogP contribution in [0.5, 0.6) is 0 Å². The maximum atomic E-state index is 10.6. The van der Waals surface area contributed by atoms with Gasteiger partial charge in [-0.2, -0.15) is 0 Å². The highest BCUT2D eigenvalue weighted by molar-refractivity contribution is 6.01. The van der Waals surface area contributed by atoms with E-state index in [1.54, 1.807) is 6.08 Å². The van der Waals surface area contributed by atoms with E-state index in [1.807, 2.05) is 27.7 Å². The van der Waals surface area contributed by atoms with Crippen LogP contribution in [-0.2, 0) is 0 Å². The van der Waals surface area contributed by atoms with Crippen LogP contribution in [0, 0.1) is 5.92 Å². The first-order valence-electron chi connectivity index (χ1n) is 5.81. The van der Waals surface area contributed by atoms with Crippen LogP contribution in [0.4, 0.5) is 0 Å². The van der Waals surface area contributed by atoms with Crippen LogP contribution in [0.25, 0.3) is 0 Å². The zero-order valence-electron chi connectivity index (χ0n) is 10.7. The van der Waals surface area contributed by atoms with Gasteiger partial charge in [0.2, 0.25) is 0 Å². The quantitative estimate of drug-likeness (QED) is 0.672. The molecule has 1 N–H and O–H groups in total. The number of aliphatic hydroxyl groups is 1. The maximum absolute atomic E-state index is 10.6. The Morgan fingerprint density at radius 2 is 1.93 bits per heavy atom. The van der Waals surface area contributed by atoms with E-state index in [1.165, 1.54) is 0 Å². The Hall–Kier alpha value is -0.630. The fourth-order valence-electron chi connectivity index (χ4n) is 1.71. The van der Waals surface area contributed by atoms with Crippen LogP contribution in [0.15, 0.2) is 17.6 Å². The molecule has 0 aliphatic rings. The van der Waals surface area contributed by atoms with E-state index in [4.69, 9.17) is 0 Å². The molecule has 0 radical (unpaired) electrons. The molecule has 2 nitrogen and oxygen atoms in total. The molecule has 0 saturated carbocycles. The Balaban J connectivity index is 5.11. The topological polar surface area (TPSA) is 32.6 Å². The summed E-state index contributed by atoms with van der Waals surface area (Å²) < 4.78 is 0. The van der Waals surface area contributed by atoms with Crippen LogP contribution in [0.3, 0.4) is 0 Å². The lowest BCUT2D eigenvalue weighted by molar-refractivity contribution is 0.0547. The third kappa shape index (κ3) is 3.78. The van der Waals surface area contributed by atoms with E-state index in [0.29, 0.717) is 0 Å². The summed E-state index contributed by atoms with van der Waals surface area (Å²) >= 11 is 0. The second-order valence-electron chi connectivity index (χ2n) is 4.64. The summed E-state index contributed by atoms with van der Waals surface area (Å²) in [6.07, 6.45) is 3.37. The number of rotatable bonds is 6. The van der Waals surface area contributed by atoms with Crippen molar-refractivity contribution in [1.82, 2.24) is 0 Å². The van der Waals surface area contributed by atoms with Gasteiger partial charge < -0.3 is 5.11 Å². The molecule has 0 saturated heterocycles. The molecule has 0 aliphatic heterocycles. The third-order valence-electron chi connectivity index (χ3n) is 2.62. The molecular weight excluding hydrogens is 186 g/mol. The van der Waals surface area contributed by atoms with Crippen molar-refractivity contribution in [1.29, 1.82) is 0 Å². The molecule has 88 valence electrons. The van der Waals surface area contributed by atoms with Gasteiger partial charge in [-0.25, -0.2) is 0 Å². The largest absolute Gasteiger partial charge is 0.383 e. The smallest absolute Gasteiger partial charge is 0.108 e. The summed E-state index contributed by atoms with van der Waals surface area (Å²) in [5.74, 6) is 0.160. The average Bonchev–Trinajstić information content (AvgIpc) is 2.13. The maximum Gasteiger partial charge on any atom is 0.108 e. The molecule has 15 heavy (non-hydrogen) atoms. The van der Waals surface area contributed by atoms with Crippen molar-refractivity contribution in [3.05, 3.63) is 12.7 Å². The first-order valence-corrected chi connectivity index (χ1v) is 5.81. The Labute approximate surface area is 94.1 Å². The van der Waals surface area contributed by atoms with Gasteiger partial charge in [-0.05, 0) is 32.3 Å². The fraction of sp³-hybridized carbons (Fsp3) is 0.769. The Morgan fingerprint density at radius 3 is 2.20 bits per heavy atom. The van der Waals surface area contributed by atoms with Gasteiger partial charge >= 0.3 is 0 Å². The minimum atomic E-state index is -0.819. The fourth-order valence-corrected chi connectivity index (χ4v) is 1.71. The van der Waals surface area contributed by atoms with Crippen LogP contribution in [0.1, 0.15) is 47.5 Å². The molecule has 1 unspecified atom stereocenters. The van der Waals surface area contributed by atoms with Crippen molar-refractivity contribution >= 4 is 5.71 Å². The Kier molecular flexibility index (Phi) is 5.81. The summed E-state index contributed by atoms with van der Waals surface area (Å²) in [5, 5.41) is 10.6. The van der Waals surface area contributed by atoms with Crippen molar-refractivity contribution in [2.75, 3.05) is 0 Å². The van der Waals surface area contributed by atoms with E-state index >= 15 is 0 Å².